The minimum atomic E-state index is -0.677. The van der Waals surface area contributed by atoms with Crippen LogP contribution in [0, 0.1) is 5.82 Å². The van der Waals surface area contributed by atoms with E-state index in [2.05, 4.69) is 10.3 Å². The van der Waals surface area contributed by atoms with Crippen molar-refractivity contribution in [3.63, 3.8) is 0 Å². The van der Waals surface area contributed by atoms with E-state index < -0.39 is 23.3 Å². The van der Waals surface area contributed by atoms with Crippen molar-refractivity contribution in [2.24, 2.45) is 0 Å². The van der Waals surface area contributed by atoms with Gasteiger partial charge in [-0.1, -0.05) is 42.5 Å². The second-order valence-corrected chi connectivity index (χ2v) is 7.92. The molecule has 3 aromatic rings. The first-order valence-electron chi connectivity index (χ1n) is 9.72. The minimum Gasteiger partial charge on any atom is -0.459 e. The monoisotopic (exact) mass is 422 g/mol. The number of aromatic amines is 1. The Labute approximate surface area is 179 Å². The Morgan fingerprint density at radius 3 is 2.19 bits per heavy atom. The maximum atomic E-state index is 13.4. The van der Waals surface area contributed by atoms with E-state index in [0.717, 1.165) is 0 Å². The summed E-state index contributed by atoms with van der Waals surface area (Å²) in [5.74, 6) is -1.56. The maximum Gasteiger partial charge on any atom is 0.325 e. The van der Waals surface area contributed by atoms with Gasteiger partial charge in [-0.15, -0.1) is 0 Å². The molecule has 0 spiro atoms. The third-order valence-corrected chi connectivity index (χ3v) is 4.38. The molecule has 2 aromatic carbocycles. The van der Waals surface area contributed by atoms with Gasteiger partial charge in [0.15, 0.2) is 6.29 Å². The van der Waals surface area contributed by atoms with Crippen molar-refractivity contribution in [1.29, 1.82) is 0 Å². The topological polar surface area (TPSA) is 88.3 Å². The highest BCUT2D eigenvalue weighted by Gasteiger charge is 2.25. The van der Waals surface area contributed by atoms with E-state index >= 15 is 0 Å². The molecular weight excluding hydrogens is 399 g/mol. The number of ether oxygens (including phenoxy) is 1. The van der Waals surface area contributed by atoms with Crippen LogP contribution in [0.25, 0.3) is 22.3 Å². The Balaban J connectivity index is 2.04. The molecular formula is C24H23FN2O4. The van der Waals surface area contributed by atoms with Gasteiger partial charge < -0.3 is 15.0 Å². The Morgan fingerprint density at radius 1 is 1.00 bits per heavy atom. The SMILES string of the molecule is CC(C)(C)OC(=O)CNC(=O)c1[nH]c(C=O)c(-c2ccc(F)cc2)c1-c1ccccc1. The quantitative estimate of drug-likeness (QED) is 0.456. The molecule has 0 aliphatic rings. The zero-order chi connectivity index (χ0) is 22.6. The van der Waals surface area contributed by atoms with Gasteiger partial charge in [0, 0.05) is 11.1 Å². The summed E-state index contributed by atoms with van der Waals surface area (Å²) in [5.41, 5.74) is 1.84. The lowest BCUT2D eigenvalue weighted by Gasteiger charge is -2.19. The van der Waals surface area contributed by atoms with Gasteiger partial charge in [-0.05, 0) is 44.0 Å². The molecule has 1 amide bonds. The number of hydrogen-bond donors (Lipinski definition) is 2. The van der Waals surface area contributed by atoms with E-state index in [4.69, 9.17) is 4.74 Å². The van der Waals surface area contributed by atoms with Crippen LogP contribution in [0.15, 0.2) is 54.6 Å². The number of rotatable bonds is 6. The lowest BCUT2D eigenvalue weighted by Crippen LogP contribution is -2.35. The van der Waals surface area contributed by atoms with Crippen molar-refractivity contribution < 1.29 is 23.5 Å². The van der Waals surface area contributed by atoms with E-state index in [1.807, 2.05) is 6.07 Å². The first-order chi connectivity index (χ1) is 14.7. The number of hydrogen-bond acceptors (Lipinski definition) is 4. The molecule has 31 heavy (non-hydrogen) atoms. The van der Waals surface area contributed by atoms with Crippen molar-refractivity contribution in [2.45, 2.75) is 26.4 Å². The van der Waals surface area contributed by atoms with Crippen molar-refractivity contribution in [3.8, 4) is 22.3 Å². The van der Waals surface area contributed by atoms with E-state index in [1.54, 1.807) is 57.2 Å². The summed E-state index contributed by atoms with van der Waals surface area (Å²) in [7, 11) is 0. The van der Waals surface area contributed by atoms with Crippen LogP contribution in [-0.2, 0) is 9.53 Å². The largest absolute Gasteiger partial charge is 0.459 e. The molecule has 1 heterocycles. The number of aromatic nitrogens is 1. The van der Waals surface area contributed by atoms with Crippen LogP contribution in [-0.4, -0.2) is 35.3 Å². The molecule has 1 aromatic heterocycles. The second kappa shape index (κ2) is 8.95. The lowest BCUT2D eigenvalue weighted by molar-refractivity contribution is -0.153. The Morgan fingerprint density at radius 2 is 1.61 bits per heavy atom. The molecule has 7 heteroatoms. The van der Waals surface area contributed by atoms with Gasteiger partial charge in [0.25, 0.3) is 5.91 Å². The molecule has 0 radical (unpaired) electrons. The van der Waals surface area contributed by atoms with Gasteiger partial charge in [-0.25, -0.2) is 4.39 Å². The molecule has 0 saturated heterocycles. The number of nitrogens with one attached hydrogen (secondary N) is 2. The van der Waals surface area contributed by atoms with Crippen LogP contribution < -0.4 is 5.32 Å². The zero-order valence-corrected chi connectivity index (χ0v) is 17.5. The highest BCUT2D eigenvalue weighted by atomic mass is 19.1. The average molecular weight is 422 g/mol. The van der Waals surface area contributed by atoms with E-state index in [9.17, 15) is 18.8 Å². The number of benzene rings is 2. The van der Waals surface area contributed by atoms with E-state index in [0.29, 0.717) is 28.5 Å². The summed E-state index contributed by atoms with van der Waals surface area (Å²) in [5, 5.41) is 2.54. The molecule has 0 aliphatic heterocycles. The standard InChI is InChI=1S/C24H23FN2O4/c1-24(2,3)31-19(29)13-26-23(30)22-21(15-7-5-4-6-8-15)20(18(14-28)27-22)16-9-11-17(25)12-10-16/h4-12,14,27H,13H2,1-3H3,(H,26,30). The lowest BCUT2D eigenvalue weighted by atomic mass is 9.94. The highest BCUT2D eigenvalue weighted by molar-refractivity contribution is 6.08. The van der Waals surface area contributed by atoms with Crippen LogP contribution in [0.3, 0.4) is 0 Å². The number of halogens is 1. The second-order valence-electron chi connectivity index (χ2n) is 7.92. The van der Waals surface area contributed by atoms with Gasteiger partial charge >= 0.3 is 5.97 Å². The first kappa shape index (κ1) is 22.0. The Kier molecular flexibility index (Phi) is 6.34. The minimum absolute atomic E-state index is 0.121. The predicted octanol–water partition coefficient (Wildman–Crippen LogP) is 4.37. The molecule has 3 rings (SSSR count). The van der Waals surface area contributed by atoms with Crippen LogP contribution in [0.5, 0.6) is 0 Å². The van der Waals surface area contributed by atoms with Crippen LogP contribution in [0.1, 0.15) is 41.7 Å². The number of esters is 1. The zero-order valence-electron chi connectivity index (χ0n) is 17.5. The normalized spacial score (nSPS) is 11.1. The van der Waals surface area contributed by atoms with Crippen LogP contribution >= 0.6 is 0 Å². The van der Waals surface area contributed by atoms with Gasteiger partial charge in [-0.3, -0.25) is 14.4 Å². The molecule has 0 saturated carbocycles. The summed E-state index contributed by atoms with van der Waals surface area (Å²) < 4.78 is 18.7. The summed E-state index contributed by atoms with van der Waals surface area (Å²) in [6, 6.07) is 14.7. The van der Waals surface area contributed by atoms with Gasteiger partial charge in [0.2, 0.25) is 0 Å². The molecule has 0 aliphatic carbocycles. The molecule has 2 N–H and O–H groups in total. The molecule has 0 fully saturated rings. The number of carbonyl (C=O) groups is 3. The number of carbonyl (C=O) groups excluding carboxylic acids is 3. The fourth-order valence-electron chi connectivity index (χ4n) is 3.21. The Bertz CT molecular complexity index is 1100. The van der Waals surface area contributed by atoms with E-state index in [-0.39, 0.29) is 17.9 Å². The molecule has 0 bridgehead atoms. The fourth-order valence-corrected chi connectivity index (χ4v) is 3.21. The summed E-state index contributed by atoms with van der Waals surface area (Å²) in [4.78, 5) is 39.6. The van der Waals surface area contributed by atoms with Crippen molar-refractivity contribution >= 4 is 18.2 Å². The molecule has 0 atom stereocenters. The van der Waals surface area contributed by atoms with Crippen LogP contribution in [0.2, 0.25) is 0 Å². The first-order valence-corrected chi connectivity index (χ1v) is 9.72. The number of aldehydes is 1. The molecule has 6 nitrogen and oxygen atoms in total. The maximum absolute atomic E-state index is 13.4. The van der Waals surface area contributed by atoms with Crippen LogP contribution in [0.4, 0.5) is 4.39 Å². The summed E-state index contributed by atoms with van der Waals surface area (Å²) in [6.07, 6.45) is 0.607. The number of amides is 1. The molecule has 160 valence electrons. The smallest absolute Gasteiger partial charge is 0.325 e. The highest BCUT2D eigenvalue weighted by Crippen LogP contribution is 2.37. The summed E-state index contributed by atoms with van der Waals surface area (Å²) >= 11 is 0. The fraction of sp³-hybridized carbons (Fsp3) is 0.208. The average Bonchev–Trinajstić information content (AvgIpc) is 3.12. The van der Waals surface area contributed by atoms with Crippen molar-refractivity contribution in [3.05, 3.63) is 71.8 Å². The third-order valence-electron chi connectivity index (χ3n) is 4.38. The van der Waals surface area contributed by atoms with Crippen molar-refractivity contribution in [2.75, 3.05) is 6.54 Å². The predicted molar refractivity (Wildman–Crippen MR) is 115 cm³/mol. The van der Waals surface area contributed by atoms with Gasteiger partial charge in [-0.2, -0.15) is 0 Å². The van der Waals surface area contributed by atoms with Gasteiger partial charge in [0.1, 0.15) is 23.7 Å². The number of H-pyrrole nitrogens is 1. The summed E-state index contributed by atoms with van der Waals surface area (Å²) in [6.45, 7) is 4.87. The third kappa shape index (κ3) is 5.25. The van der Waals surface area contributed by atoms with Crippen molar-refractivity contribution in [1.82, 2.24) is 10.3 Å². The van der Waals surface area contributed by atoms with E-state index in [1.165, 1.54) is 12.1 Å². The Hall–Kier alpha value is -3.74. The molecule has 0 unspecified atom stereocenters. The van der Waals surface area contributed by atoms with Gasteiger partial charge in [0.05, 0.1) is 5.69 Å².